The van der Waals surface area contributed by atoms with Crippen molar-refractivity contribution in [1.82, 2.24) is 0 Å². The van der Waals surface area contributed by atoms with Crippen LogP contribution in [-0.2, 0) is 19.7 Å². The van der Waals surface area contributed by atoms with Crippen LogP contribution in [0.1, 0.15) is 5.56 Å². The van der Waals surface area contributed by atoms with Crippen molar-refractivity contribution in [2.75, 3.05) is 12.4 Å². The molecule has 1 amide bonds. The molecule has 1 N–H and O–H groups in total. The fraction of sp³-hybridized carbons (Fsp3) is 0.231. The van der Waals surface area contributed by atoms with Gasteiger partial charge in [0.05, 0.1) is 19.2 Å². The smallest absolute Gasteiger partial charge is 0.325 e. The quantitative estimate of drug-likeness (QED) is 0.828. The minimum absolute atomic E-state index is 0.242. The Morgan fingerprint density at radius 2 is 2.20 bits per heavy atom. The van der Waals surface area contributed by atoms with Crippen LogP contribution in [0, 0.1) is 28.6 Å². The number of anilines is 1. The van der Waals surface area contributed by atoms with Crippen LogP contribution >= 0.6 is 11.6 Å². The lowest BCUT2D eigenvalue weighted by atomic mass is 9.72. The monoisotopic (exact) mass is 289 g/mol. The van der Waals surface area contributed by atoms with Crippen molar-refractivity contribution in [3.8, 4) is 12.1 Å². The number of benzene rings is 1. The standard InChI is InChI=1S/C13H8ClN3O3/c1-20-11(18)9(5-15)13(6-16)8-3-2-7(14)4-10(8)17-12(13)19/h2-4,9H,1H3,(H,17,19). The summed E-state index contributed by atoms with van der Waals surface area (Å²) in [5.41, 5.74) is -1.37. The number of carbonyl (C=O) groups is 2. The first-order valence-electron chi connectivity index (χ1n) is 5.51. The number of ether oxygens (including phenoxy) is 1. The van der Waals surface area contributed by atoms with Crippen molar-refractivity contribution < 1.29 is 14.3 Å². The molecule has 2 atom stereocenters. The highest BCUT2D eigenvalue weighted by Crippen LogP contribution is 2.44. The molecule has 100 valence electrons. The molecule has 1 aliphatic rings. The second-order valence-corrected chi connectivity index (χ2v) is 4.59. The lowest BCUT2D eigenvalue weighted by molar-refractivity contribution is -0.146. The molecule has 2 unspecified atom stereocenters. The maximum absolute atomic E-state index is 12.2. The van der Waals surface area contributed by atoms with E-state index < -0.39 is 23.2 Å². The summed E-state index contributed by atoms with van der Waals surface area (Å²) in [4.78, 5) is 23.9. The van der Waals surface area contributed by atoms with Crippen molar-refractivity contribution in [2.24, 2.45) is 5.92 Å². The minimum Gasteiger partial charge on any atom is -0.468 e. The van der Waals surface area contributed by atoms with Gasteiger partial charge in [-0.05, 0) is 12.1 Å². The Morgan fingerprint density at radius 3 is 2.75 bits per heavy atom. The van der Waals surface area contributed by atoms with Crippen LogP contribution in [0.15, 0.2) is 18.2 Å². The summed E-state index contributed by atoms with van der Waals surface area (Å²) >= 11 is 5.82. The Hall–Kier alpha value is -2.57. The van der Waals surface area contributed by atoms with E-state index in [0.29, 0.717) is 10.7 Å². The highest BCUT2D eigenvalue weighted by Gasteiger charge is 2.57. The molecule has 2 rings (SSSR count). The fourth-order valence-corrected chi connectivity index (χ4v) is 2.39. The Balaban J connectivity index is 2.69. The van der Waals surface area contributed by atoms with E-state index in [9.17, 15) is 20.1 Å². The summed E-state index contributed by atoms with van der Waals surface area (Å²) in [7, 11) is 1.09. The Kier molecular flexibility index (Phi) is 3.35. The fourth-order valence-electron chi connectivity index (χ4n) is 2.21. The summed E-state index contributed by atoms with van der Waals surface area (Å²) < 4.78 is 4.51. The first-order chi connectivity index (χ1) is 9.51. The largest absolute Gasteiger partial charge is 0.468 e. The van der Waals surface area contributed by atoms with Crippen LogP contribution in [0.25, 0.3) is 0 Å². The number of fused-ring (bicyclic) bond motifs is 1. The van der Waals surface area contributed by atoms with Gasteiger partial charge in [-0.3, -0.25) is 9.59 Å². The van der Waals surface area contributed by atoms with Gasteiger partial charge in [-0.2, -0.15) is 10.5 Å². The molecule has 0 saturated carbocycles. The van der Waals surface area contributed by atoms with Gasteiger partial charge in [0, 0.05) is 16.3 Å². The van der Waals surface area contributed by atoms with Gasteiger partial charge in [0.25, 0.3) is 5.91 Å². The van der Waals surface area contributed by atoms with Crippen LogP contribution in [0.2, 0.25) is 5.02 Å². The predicted molar refractivity (Wildman–Crippen MR) is 68.5 cm³/mol. The SMILES string of the molecule is COC(=O)C(C#N)C1(C#N)C(=O)Nc2cc(Cl)ccc21. The molecule has 0 spiro atoms. The predicted octanol–water partition coefficient (Wildman–Crippen LogP) is 1.37. The van der Waals surface area contributed by atoms with E-state index >= 15 is 0 Å². The number of rotatable bonds is 2. The normalized spacial score (nSPS) is 21.1. The van der Waals surface area contributed by atoms with Crippen molar-refractivity contribution >= 4 is 29.2 Å². The van der Waals surface area contributed by atoms with Gasteiger partial charge in [-0.1, -0.05) is 17.7 Å². The van der Waals surface area contributed by atoms with E-state index in [-0.39, 0.29) is 5.56 Å². The molecule has 1 aromatic rings. The molecule has 1 aromatic carbocycles. The van der Waals surface area contributed by atoms with E-state index in [1.54, 1.807) is 12.1 Å². The molecule has 20 heavy (non-hydrogen) atoms. The zero-order valence-electron chi connectivity index (χ0n) is 10.3. The summed E-state index contributed by atoms with van der Waals surface area (Å²) in [5.74, 6) is -3.24. The third-order valence-corrected chi connectivity index (χ3v) is 3.42. The molecule has 1 heterocycles. The number of esters is 1. The number of methoxy groups -OCH3 is 1. The number of hydrogen-bond acceptors (Lipinski definition) is 5. The second kappa shape index (κ2) is 4.84. The molecule has 6 nitrogen and oxygen atoms in total. The Morgan fingerprint density at radius 1 is 1.50 bits per heavy atom. The number of nitriles is 2. The Labute approximate surface area is 119 Å². The summed E-state index contributed by atoms with van der Waals surface area (Å²) in [6.45, 7) is 0. The summed E-state index contributed by atoms with van der Waals surface area (Å²) in [6.07, 6.45) is 0. The highest BCUT2D eigenvalue weighted by atomic mass is 35.5. The molecular weight excluding hydrogens is 282 g/mol. The topological polar surface area (TPSA) is 103 Å². The van der Waals surface area contributed by atoms with Crippen molar-refractivity contribution in [3.63, 3.8) is 0 Å². The van der Waals surface area contributed by atoms with Gasteiger partial charge in [0.2, 0.25) is 0 Å². The average molecular weight is 290 g/mol. The first-order valence-corrected chi connectivity index (χ1v) is 5.89. The average Bonchev–Trinajstić information content (AvgIpc) is 2.71. The molecule has 0 fully saturated rings. The molecule has 1 aliphatic heterocycles. The molecule has 7 heteroatoms. The van der Waals surface area contributed by atoms with E-state index in [1.807, 2.05) is 0 Å². The first kappa shape index (κ1) is 13.9. The third-order valence-electron chi connectivity index (χ3n) is 3.19. The van der Waals surface area contributed by atoms with Gasteiger partial charge in [-0.25, -0.2) is 0 Å². The third kappa shape index (κ3) is 1.70. The maximum Gasteiger partial charge on any atom is 0.325 e. The van der Waals surface area contributed by atoms with Crippen molar-refractivity contribution in [3.05, 3.63) is 28.8 Å². The minimum atomic E-state index is -1.93. The van der Waals surface area contributed by atoms with E-state index in [2.05, 4.69) is 10.1 Å². The molecule has 0 aromatic heterocycles. The summed E-state index contributed by atoms with van der Waals surface area (Å²) in [5, 5.41) is 21.5. The zero-order chi connectivity index (χ0) is 14.9. The van der Waals surface area contributed by atoms with Gasteiger partial charge < -0.3 is 10.1 Å². The molecule has 0 bridgehead atoms. The van der Waals surface area contributed by atoms with Crippen LogP contribution in [0.3, 0.4) is 0 Å². The Bertz CT molecular complexity index is 689. The van der Waals surface area contributed by atoms with Gasteiger partial charge in [0.1, 0.15) is 0 Å². The highest BCUT2D eigenvalue weighted by molar-refractivity contribution is 6.31. The van der Waals surface area contributed by atoms with Gasteiger partial charge in [-0.15, -0.1) is 0 Å². The van der Waals surface area contributed by atoms with Crippen LogP contribution in [-0.4, -0.2) is 19.0 Å². The number of hydrogen-bond donors (Lipinski definition) is 1. The van der Waals surface area contributed by atoms with Crippen LogP contribution in [0.5, 0.6) is 0 Å². The molecular formula is C13H8ClN3O3. The molecule has 0 saturated heterocycles. The zero-order valence-corrected chi connectivity index (χ0v) is 11.1. The number of halogens is 1. The lowest BCUT2D eigenvalue weighted by Gasteiger charge is -2.22. The van der Waals surface area contributed by atoms with E-state index in [0.717, 1.165) is 7.11 Å². The van der Waals surface area contributed by atoms with Crippen molar-refractivity contribution in [1.29, 1.82) is 10.5 Å². The molecule has 0 aliphatic carbocycles. The summed E-state index contributed by atoms with van der Waals surface area (Å²) in [6, 6.07) is 7.87. The number of nitrogens with one attached hydrogen (secondary N) is 1. The van der Waals surface area contributed by atoms with Crippen LogP contribution in [0.4, 0.5) is 5.69 Å². The van der Waals surface area contributed by atoms with Crippen LogP contribution < -0.4 is 5.32 Å². The van der Waals surface area contributed by atoms with Gasteiger partial charge >= 0.3 is 5.97 Å². The second-order valence-electron chi connectivity index (χ2n) is 4.15. The van der Waals surface area contributed by atoms with Gasteiger partial charge in [0.15, 0.2) is 11.3 Å². The number of nitrogens with zero attached hydrogens (tertiary/aromatic N) is 2. The van der Waals surface area contributed by atoms with E-state index in [4.69, 9.17) is 11.6 Å². The molecule has 0 radical (unpaired) electrons. The maximum atomic E-state index is 12.2. The van der Waals surface area contributed by atoms with Crippen molar-refractivity contribution in [2.45, 2.75) is 5.41 Å². The number of amides is 1. The van der Waals surface area contributed by atoms with E-state index in [1.165, 1.54) is 18.2 Å². The lowest BCUT2D eigenvalue weighted by Crippen LogP contribution is -2.44. The number of carbonyl (C=O) groups excluding carboxylic acids is 2.